The molecule has 11 heteroatoms. The molecule has 0 aliphatic carbocycles. The van der Waals surface area contributed by atoms with E-state index in [1.165, 1.54) is 24.3 Å². The minimum Gasteiger partial charge on any atom is -0.368 e. The van der Waals surface area contributed by atoms with E-state index < -0.39 is 0 Å². The highest BCUT2D eigenvalue weighted by Gasteiger charge is 2.21. The lowest BCUT2D eigenvalue weighted by atomic mass is 9.84. The maximum atomic E-state index is 13.0. The Morgan fingerprint density at radius 2 is 1.12 bits per heavy atom. The molecule has 0 bridgehead atoms. The van der Waals surface area contributed by atoms with Crippen LogP contribution in [0.1, 0.15) is 49.9 Å². The maximum Gasteiger partial charge on any atom is 0.154 e. The average molecular weight is 624 g/mol. The summed E-state index contributed by atoms with van der Waals surface area (Å²) in [7, 11) is 0. The monoisotopic (exact) mass is 622 g/mol. The predicted octanol–water partition coefficient (Wildman–Crippen LogP) is 8.12. The summed E-state index contributed by atoms with van der Waals surface area (Å²) < 4.78 is 25.5. The van der Waals surface area contributed by atoms with Gasteiger partial charge in [0, 0.05) is 23.9 Å². The van der Waals surface area contributed by atoms with Gasteiger partial charge in [-0.15, -0.1) is 20.4 Å². The summed E-state index contributed by atoms with van der Waals surface area (Å²) in [5.74, 6) is 0.255. The molecule has 0 atom stereocenters. The van der Waals surface area contributed by atoms with Crippen molar-refractivity contribution in [3.63, 3.8) is 0 Å². The Morgan fingerprint density at radius 1 is 0.683 bits per heavy atom. The zero-order valence-corrected chi connectivity index (χ0v) is 26.2. The molecule has 0 amide bonds. The highest BCUT2D eigenvalue weighted by Crippen LogP contribution is 2.24. The molecule has 0 radical (unpaired) electrons. The molecule has 2 aromatic heterocycles. The van der Waals surface area contributed by atoms with Crippen LogP contribution < -0.4 is 11.1 Å². The first-order valence-corrected chi connectivity index (χ1v) is 13.9. The predicted molar refractivity (Wildman–Crippen MR) is 165 cm³/mol. The second-order valence-electron chi connectivity index (χ2n) is 10.7. The fraction of sp³-hybridized carbons (Fsp3) is 0.333. The van der Waals surface area contributed by atoms with Crippen LogP contribution in [0.15, 0.2) is 60.7 Å². The molecule has 4 rings (SSSR count). The van der Waals surface area contributed by atoms with E-state index in [4.69, 9.17) is 40.5 Å². The summed E-state index contributed by atoms with van der Waals surface area (Å²) in [6.07, 6.45) is 0. The van der Waals surface area contributed by atoms with E-state index in [1.54, 1.807) is 30.3 Å². The van der Waals surface area contributed by atoms with Crippen LogP contribution in [-0.4, -0.2) is 33.5 Å². The molecule has 220 valence electrons. The van der Waals surface area contributed by atoms with E-state index in [0.29, 0.717) is 34.4 Å². The van der Waals surface area contributed by atoms with Crippen LogP contribution in [0.3, 0.4) is 0 Å². The van der Waals surface area contributed by atoms with Gasteiger partial charge in [0.05, 0.1) is 0 Å². The quantitative estimate of drug-likeness (QED) is 0.225. The van der Waals surface area contributed by atoms with Crippen LogP contribution in [0.2, 0.25) is 15.5 Å². The number of nitrogens with zero attached hydrogens (tertiary/aromatic N) is 4. The maximum absolute atomic E-state index is 13.0. The summed E-state index contributed by atoms with van der Waals surface area (Å²) in [6, 6.07) is 16.6. The van der Waals surface area contributed by atoms with Crippen molar-refractivity contribution in [2.24, 2.45) is 5.73 Å². The van der Waals surface area contributed by atoms with Crippen molar-refractivity contribution < 1.29 is 8.78 Å². The van der Waals surface area contributed by atoms with Crippen molar-refractivity contribution in [1.29, 1.82) is 0 Å². The molecule has 6 nitrogen and oxygen atoms in total. The zero-order chi connectivity index (χ0) is 30.8. The molecule has 0 saturated carbocycles. The fourth-order valence-electron chi connectivity index (χ4n) is 3.33. The minimum atomic E-state index is -0.225. The highest BCUT2D eigenvalue weighted by atomic mass is 35.5. The second kappa shape index (κ2) is 15.4. The Morgan fingerprint density at radius 3 is 1.54 bits per heavy atom. The minimum absolute atomic E-state index is 0.0618. The van der Waals surface area contributed by atoms with Crippen LogP contribution in [-0.2, 0) is 10.8 Å². The van der Waals surface area contributed by atoms with E-state index in [2.05, 4.69) is 39.6 Å². The SMILES string of the molecule is CC(C)(CN)c1ccc(F)cc1.Cc1cc(Cl)nnc1Cl.Cc1cc(NCC(C)(C)c2ccc(F)cc2)nnc1Cl. The summed E-state index contributed by atoms with van der Waals surface area (Å²) in [5.41, 5.74) is 9.23. The number of hydrogen-bond acceptors (Lipinski definition) is 6. The van der Waals surface area contributed by atoms with E-state index in [-0.39, 0.29) is 22.5 Å². The van der Waals surface area contributed by atoms with E-state index >= 15 is 0 Å². The summed E-state index contributed by atoms with van der Waals surface area (Å²) in [4.78, 5) is 0. The largest absolute Gasteiger partial charge is 0.368 e. The van der Waals surface area contributed by atoms with Crippen molar-refractivity contribution >= 4 is 40.6 Å². The lowest BCUT2D eigenvalue weighted by Gasteiger charge is -2.26. The van der Waals surface area contributed by atoms with Gasteiger partial charge in [-0.1, -0.05) is 86.8 Å². The van der Waals surface area contributed by atoms with Gasteiger partial charge >= 0.3 is 0 Å². The smallest absolute Gasteiger partial charge is 0.154 e. The number of rotatable bonds is 6. The molecule has 0 fully saturated rings. The number of benzene rings is 2. The van der Waals surface area contributed by atoms with E-state index in [0.717, 1.165) is 22.3 Å². The number of nitrogens with two attached hydrogens (primary N) is 1. The molecule has 0 spiro atoms. The van der Waals surface area contributed by atoms with Gasteiger partial charge in [-0.3, -0.25) is 0 Å². The first kappa shape index (κ1) is 34.3. The molecule has 0 unspecified atom stereocenters. The summed E-state index contributed by atoms with van der Waals surface area (Å²) in [5, 5.41) is 19.4. The number of anilines is 1. The molecule has 0 aliphatic heterocycles. The molecule has 0 saturated heterocycles. The lowest BCUT2D eigenvalue weighted by Crippen LogP contribution is -2.28. The van der Waals surface area contributed by atoms with Crippen molar-refractivity contribution in [1.82, 2.24) is 20.4 Å². The van der Waals surface area contributed by atoms with Gasteiger partial charge in [0.15, 0.2) is 15.5 Å². The third-order valence-electron chi connectivity index (χ3n) is 6.29. The van der Waals surface area contributed by atoms with E-state index in [9.17, 15) is 8.78 Å². The van der Waals surface area contributed by atoms with Crippen LogP contribution >= 0.6 is 34.8 Å². The number of aromatic nitrogens is 4. The Balaban J connectivity index is 0.000000237. The van der Waals surface area contributed by atoms with Gasteiger partial charge < -0.3 is 11.1 Å². The average Bonchev–Trinajstić information content (AvgIpc) is 2.93. The molecule has 0 aliphatic rings. The van der Waals surface area contributed by atoms with Gasteiger partial charge in [0.25, 0.3) is 0 Å². The molecular formula is C30H35Cl3F2N6. The van der Waals surface area contributed by atoms with Crippen LogP contribution in [0.25, 0.3) is 0 Å². The lowest BCUT2D eigenvalue weighted by molar-refractivity contribution is 0.536. The van der Waals surface area contributed by atoms with Crippen molar-refractivity contribution in [3.8, 4) is 0 Å². The Labute approximate surface area is 255 Å². The second-order valence-corrected chi connectivity index (χ2v) is 11.8. The highest BCUT2D eigenvalue weighted by molar-refractivity contribution is 6.31. The molecule has 4 aromatic rings. The Bertz CT molecular complexity index is 1400. The van der Waals surface area contributed by atoms with Crippen molar-refractivity contribution in [2.45, 2.75) is 52.4 Å². The number of halogens is 5. The molecule has 2 heterocycles. The van der Waals surface area contributed by atoms with Crippen LogP contribution in [0.4, 0.5) is 14.6 Å². The van der Waals surface area contributed by atoms with Crippen molar-refractivity contribution in [2.75, 3.05) is 18.4 Å². The van der Waals surface area contributed by atoms with Gasteiger partial charge in [-0.25, -0.2) is 8.78 Å². The zero-order valence-electron chi connectivity index (χ0n) is 23.9. The Kier molecular flexibility index (Phi) is 12.8. The van der Waals surface area contributed by atoms with Crippen LogP contribution in [0, 0.1) is 25.5 Å². The van der Waals surface area contributed by atoms with Gasteiger partial charge in [-0.2, -0.15) is 0 Å². The Hall–Kier alpha value is -2.91. The molecule has 2 aromatic carbocycles. The first-order chi connectivity index (χ1) is 19.1. The van der Waals surface area contributed by atoms with E-state index in [1.807, 2.05) is 33.8 Å². The number of aryl methyl sites for hydroxylation is 2. The van der Waals surface area contributed by atoms with Gasteiger partial charge in [-0.05, 0) is 72.5 Å². The summed E-state index contributed by atoms with van der Waals surface area (Å²) in [6.45, 7) is 13.2. The third kappa shape index (κ3) is 11.1. The first-order valence-electron chi connectivity index (χ1n) is 12.8. The standard InChI is InChI=1S/C15H17ClFN3.C10H14FN.C5H4Cl2N2/c1-10-8-13(19-20-14(10)16)18-9-15(2,3)11-4-6-12(17)7-5-11;1-10(2,7-12)8-3-5-9(11)6-4-8;1-3-2-4(6)8-9-5(3)7/h4-8H,9H2,1-3H3,(H,18,19);3-6H,7,12H2,1-2H3;2H,1H3. The van der Waals surface area contributed by atoms with Gasteiger partial charge in [0.2, 0.25) is 0 Å². The van der Waals surface area contributed by atoms with Gasteiger partial charge in [0.1, 0.15) is 17.5 Å². The fourth-order valence-corrected chi connectivity index (χ4v) is 3.71. The van der Waals surface area contributed by atoms with Crippen LogP contribution in [0.5, 0.6) is 0 Å². The third-order valence-corrected chi connectivity index (χ3v) is 7.22. The number of nitrogens with one attached hydrogen (secondary N) is 1. The molecule has 41 heavy (non-hydrogen) atoms. The topological polar surface area (TPSA) is 89.6 Å². The summed E-state index contributed by atoms with van der Waals surface area (Å²) >= 11 is 16.9. The normalized spacial score (nSPS) is 11.1. The molecule has 3 N–H and O–H groups in total. The van der Waals surface area contributed by atoms with Crippen molar-refractivity contribution in [3.05, 3.63) is 110 Å². The number of hydrogen-bond donors (Lipinski definition) is 2. The molecular weight excluding hydrogens is 589 g/mol.